The molecule has 0 fully saturated rings. The molecule has 0 unspecified atom stereocenters. The third kappa shape index (κ3) is 1.45. The predicted octanol–water partition coefficient (Wildman–Crippen LogP) is 2.59. The van der Waals surface area contributed by atoms with Crippen molar-refractivity contribution in [3.8, 4) is 5.75 Å². The minimum absolute atomic E-state index is 0.0636. The van der Waals surface area contributed by atoms with E-state index in [1.807, 2.05) is 24.3 Å². The maximum absolute atomic E-state index is 5.56. The van der Waals surface area contributed by atoms with Crippen LogP contribution in [0.25, 0.3) is 0 Å². The lowest BCUT2D eigenvalue weighted by molar-refractivity contribution is 0.0846. The number of para-hydroxylation sites is 1. The van der Waals surface area contributed by atoms with Crippen molar-refractivity contribution in [3.05, 3.63) is 36.1 Å². The number of aliphatic imine (C=N–C) groups is 1. The lowest BCUT2D eigenvalue weighted by Crippen LogP contribution is -2.23. The Labute approximate surface area is 99.5 Å². The molecule has 0 radical (unpaired) electrons. The Kier molecular flexibility index (Phi) is 2.37. The van der Waals surface area contributed by atoms with Gasteiger partial charge in [0, 0.05) is 12.7 Å². The number of methoxy groups -OCH3 is 2. The number of nitrogens with zero attached hydrogens (tertiary/aromatic N) is 1. The van der Waals surface area contributed by atoms with Gasteiger partial charge in [0.15, 0.2) is 0 Å². The number of rotatable bonds is 2. The summed E-state index contributed by atoms with van der Waals surface area (Å²) >= 11 is 0. The van der Waals surface area contributed by atoms with Gasteiger partial charge in [0.05, 0.1) is 25.4 Å². The van der Waals surface area contributed by atoms with Gasteiger partial charge in [-0.1, -0.05) is 12.1 Å². The summed E-state index contributed by atoms with van der Waals surface area (Å²) in [7, 11) is 3.33. The summed E-state index contributed by atoms with van der Waals surface area (Å²) in [5, 5.41) is 0. The molecule has 1 aromatic rings. The van der Waals surface area contributed by atoms with E-state index in [1.54, 1.807) is 20.5 Å². The smallest absolute Gasteiger partial charge is 0.204 e. The van der Waals surface area contributed by atoms with Crippen molar-refractivity contribution in [1.29, 1.82) is 0 Å². The van der Waals surface area contributed by atoms with Crippen LogP contribution in [0.3, 0.4) is 0 Å². The lowest BCUT2D eigenvalue weighted by Gasteiger charge is -2.27. The highest BCUT2D eigenvalue weighted by atomic mass is 16.5. The van der Waals surface area contributed by atoms with E-state index in [9.17, 15) is 0 Å². The third-order valence-corrected chi connectivity index (χ3v) is 3.12. The van der Waals surface area contributed by atoms with Gasteiger partial charge in [0.2, 0.25) is 5.90 Å². The summed E-state index contributed by atoms with van der Waals surface area (Å²) in [6.07, 6.45) is 3.56. The highest BCUT2D eigenvalue weighted by molar-refractivity contribution is 5.90. The van der Waals surface area contributed by atoms with Crippen LogP contribution in [0.5, 0.6) is 5.75 Å². The fourth-order valence-electron chi connectivity index (χ4n) is 2.32. The van der Waals surface area contributed by atoms with Crippen LogP contribution in [0.1, 0.15) is 11.7 Å². The molecule has 17 heavy (non-hydrogen) atoms. The molecular formula is C13H13NO3. The first-order valence-electron chi connectivity index (χ1n) is 5.46. The first-order valence-corrected chi connectivity index (χ1v) is 5.46. The van der Waals surface area contributed by atoms with Crippen molar-refractivity contribution in [2.24, 2.45) is 10.9 Å². The zero-order valence-corrected chi connectivity index (χ0v) is 9.71. The van der Waals surface area contributed by atoms with E-state index in [1.165, 1.54) is 0 Å². The van der Waals surface area contributed by atoms with E-state index >= 15 is 0 Å². The van der Waals surface area contributed by atoms with Gasteiger partial charge >= 0.3 is 0 Å². The molecule has 0 N–H and O–H groups in total. The standard InChI is InChI=1S/C13H13NO3/c1-15-10-5-3-4-8-11(10)14-13-9(6-7-17-13)12(8)16-2/h3-7,9,12H,1-2H3/t9-,12-/m0/s1. The third-order valence-electron chi connectivity index (χ3n) is 3.12. The summed E-state index contributed by atoms with van der Waals surface area (Å²) in [6, 6.07) is 5.85. The zero-order chi connectivity index (χ0) is 11.8. The number of hydrogen-bond acceptors (Lipinski definition) is 4. The summed E-state index contributed by atoms with van der Waals surface area (Å²) in [6.45, 7) is 0. The second-order valence-corrected chi connectivity index (χ2v) is 3.98. The highest BCUT2D eigenvalue weighted by Crippen LogP contribution is 2.45. The molecule has 2 heterocycles. The molecule has 0 saturated carbocycles. The zero-order valence-electron chi connectivity index (χ0n) is 9.71. The molecule has 2 atom stereocenters. The van der Waals surface area contributed by atoms with Crippen LogP contribution in [-0.2, 0) is 9.47 Å². The maximum Gasteiger partial charge on any atom is 0.204 e. The van der Waals surface area contributed by atoms with Gasteiger partial charge < -0.3 is 14.2 Å². The molecule has 0 aromatic heterocycles. The number of benzene rings is 1. The van der Waals surface area contributed by atoms with E-state index in [4.69, 9.17) is 14.2 Å². The van der Waals surface area contributed by atoms with Crippen LogP contribution in [-0.4, -0.2) is 20.1 Å². The van der Waals surface area contributed by atoms with Crippen LogP contribution in [0.4, 0.5) is 5.69 Å². The van der Waals surface area contributed by atoms with Crippen molar-refractivity contribution in [1.82, 2.24) is 0 Å². The van der Waals surface area contributed by atoms with Gasteiger partial charge in [-0.05, 0) is 12.1 Å². The predicted molar refractivity (Wildman–Crippen MR) is 63.6 cm³/mol. The van der Waals surface area contributed by atoms with Gasteiger partial charge in [-0.25, -0.2) is 4.99 Å². The molecule has 0 bridgehead atoms. The Morgan fingerprint density at radius 1 is 1.29 bits per heavy atom. The minimum Gasteiger partial charge on any atom is -0.494 e. The summed E-state index contributed by atoms with van der Waals surface area (Å²) < 4.78 is 16.3. The molecular weight excluding hydrogens is 218 g/mol. The average molecular weight is 231 g/mol. The molecule has 1 aromatic carbocycles. The van der Waals surface area contributed by atoms with E-state index in [-0.39, 0.29) is 12.0 Å². The molecule has 4 nitrogen and oxygen atoms in total. The normalized spacial score (nSPS) is 24.7. The molecule has 0 aliphatic carbocycles. The Morgan fingerprint density at radius 2 is 2.18 bits per heavy atom. The fourth-order valence-corrected chi connectivity index (χ4v) is 2.32. The van der Waals surface area contributed by atoms with E-state index < -0.39 is 0 Å². The van der Waals surface area contributed by atoms with Gasteiger partial charge in [-0.2, -0.15) is 0 Å². The van der Waals surface area contributed by atoms with Gasteiger partial charge in [-0.3, -0.25) is 0 Å². The van der Waals surface area contributed by atoms with Crippen molar-refractivity contribution in [2.75, 3.05) is 14.2 Å². The Hall–Kier alpha value is -1.81. The molecule has 3 rings (SSSR count). The number of fused-ring (bicyclic) bond motifs is 2. The van der Waals surface area contributed by atoms with Crippen molar-refractivity contribution in [3.63, 3.8) is 0 Å². The number of hydrogen-bond donors (Lipinski definition) is 0. The van der Waals surface area contributed by atoms with Crippen LogP contribution < -0.4 is 4.74 Å². The summed E-state index contributed by atoms with van der Waals surface area (Å²) in [5.41, 5.74) is 1.84. The van der Waals surface area contributed by atoms with Crippen molar-refractivity contribution >= 4 is 11.6 Å². The largest absolute Gasteiger partial charge is 0.494 e. The Balaban J connectivity index is 2.18. The average Bonchev–Trinajstić information content (AvgIpc) is 2.82. The van der Waals surface area contributed by atoms with Crippen LogP contribution in [0.15, 0.2) is 35.5 Å². The van der Waals surface area contributed by atoms with Gasteiger partial charge in [0.1, 0.15) is 11.4 Å². The topological polar surface area (TPSA) is 40.0 Å². The molecule has 4 heteroatoms. The molecule has 0 amide bonds. The first kappa shape index (κ1) is 10.4. The molecule has 0 spiro atoms. The van der Waals surface area contributed by atoms with Crippen LogP contribution in [0.2, 0.25) is 0 Å². The quantitative estimate of drug-likeness (QED) is 0.785. The summed E-state index contributed by atoms with van der Waals surface area (Å²) in [5.74, 6) is 1.49. The van der Waals surface area contributed by atoms with E-state index in [0.29, 0.717) is 5.90 Å². The number of ether oxygens (including phenoxy) is 3. The van der Waals surface area contributed by atoms with Gasteiger partial charge in [0.25, 0.3) is 0 Å². The summed E-state index contributed by atoms with van der Waals surface area (Å²) in [4.78, 5) is 4.50. The highest BCUT2D eigenvalue weighted by Gasteiger charge is 2.36. The first-order chi connectivity index (χ1) is 8.35. The Morgan fingerprint density at radius 3 is 2.94 bits per heavy atom. The second kappa shape index (κ2) is 3.89. The molecule has 88 valence electrons. The maximum atomic E-state index is 5.56. The molecule has 0 saturated heterocycles. The van der Waals surface area contributed by atoms with Crippen molar-refractivity contribution in [2.45, 2.75) is 6.10 Å². The molecule has 2 aliphatic heterocycles. The minimum atomic E-state index is -0.0636. The van der Waals surface area contributed by atoms with E-state index in [0.717, 1.165) is 17.0 Å². The van der Waals surface area contributed by atoms with Crippen molar-refractivity contribution < 1.29 is 14.2 Å². The van der Waals surface area contributed by atoms with Gasteiger partial charge in [-0.15, -0.1) is 0 Å². The monoisotopic (exact) mass is 231 g/mol. The second-order valence-electron chi connectivity index (χ2n) is 3.98. The lowest BCUT2D eigenvalue weighted by atomic mass is 9.92. The fraction of sp³-hybridized carbons (Fsp3) is 0.308. The van der Waals surface area contributed by atoms with Crippen LogP contribution in [0, 0.1) is 5.92 Å². The van der Waals surface area contributed by atoms with E-state index in [2.05, 4.69) is 4.99 Å². The Bertz CT molecular complexity index is 507. The SMILES string of the molecule is COc1cccc2c1N=C1OC=C[C@H]1[C@H]2OC. The molecule has 2 aliphatic rings. The van der Waals surface area contributed by atoms with Crippen LogP contribution >= 0.6 is 0 Å².